The summed E-state index contributed by atoms with van der Waals surface area (Å²) in [4.78, 5) is 0. The Hall–Kier alpha value is -1.96. The second-order valence-corrected chi connectivity index (χ2v) is 5.67. The third-order valence-corrected chi connectivity index (χ3v) is 1.51. The Morgan fingerprint density at radius 1 is 0.522 bits per heavy atom. The summed E-state index contributed by atoms with van der Waals surface area (Å²) in [5.41, 5.74) is 0.500. The van der Waals surface area contributed by atoms with Crippen molar-refractivity contribution >= 4 is 0 Å². The first-order chi connectivity index (χ1) is 10.8. The second-order valence-electron chi connectivity index (χ2n) is 5.67. The van der Waals surface area contributed by atoms with Crippen LogP contribution in [0.3, 0.4) is 0 Å². The maximum atomic E-state index is 8.63. The number of hydrogen-bond acceptors (Lipinski definition) is 2. The molecule has 0 aliphatic carbocycles. The summed E-state index contributed by atoms with van der Waals surface area (Å²) in [6, 6.07) is 17.4. The van der Waals surface area contributed by atoms with Gasteiger partial charge in [-0.1, -0.05) is 91.8 Å². The molecule has 0 unspecified atom stereocenters. The lowest BCUT2D eigenvalue weighted by Crippen LogP contribution is -1.93. The van der Waals surface area contributed by atoms with Crippen molar-refractivity contribution in [2.75, 3.05) is 0 Å². The summed E-state index contributed by atoms with van der Waals surface area (Å²) >= 11 is 0. The van der Waals surface area contributed by atoms with Gasteiger partial charge in [0.05, 0.1) is 0 Å². The summed E-state index contributed by atoms with van der Waals surface area (Å²) in [7, 11) is 0. The molecule has 0 amide bonds. The van der Waals surface area contributed by atoms with Gasteiger partial charge in [-0.05, 0) is 29.7 Å². The van der Waals surface area contributed by atoms with E-state index >= 15 is 0 Å². The Labute approximate surface area is 143 Å². The number of rotatable bonds is 0. The van der Waals surface area contributed by atoms with Crippen LogP contribution < -0.4 is 0 Å². The highest BCUT2D eigenvalue weighted by Crippen LogP contribution is 2.08. The molecule has 0 bridgehead atoms. The fourth-order valence-corrected chi connectivity index (χ4v) is 0.856. The molecule has 0 spiro atoms. The van der Waals surface area contributed by atoms with Gasteiger partial charge in [0.15, 0.2) is 0 Å². The monoisotopic (exact) mass is 320 g/mol. The minimum Gasteiger partial charge on any atom is -0.508 e. The molecule has 0 saturated carbocycles. The predicted molar refractivity (Wildman–Crippen MR) is 104 cm³/mol. The van der Waals surface area contributed by atoms with Gasteiger partial charge in [-0.25, -0.2) is 0 Å². The minimum atomic E-state index is 0.322. The molecule has 2 aromatic carbocycles. The van der Waals surface area contributed by atoms with E-state index in [0.717, 1.165) is 0 Å². The standard InChI is InChI=1S/2C6H6O.C5H12.2C2H6/c2*7-6-4-2-1-3-5-6;1-5(2,3)4;2*1-2/h2*1-5,7H;1-4H3;2*1-2H3. The second kappa shape index (κ2) is 18.1. The quantitative estimate of drug-likeness (QED) is 0.555. The van der Waals surface area contributed by atoms with Crippen molar-refractivity contribution < 1.29 is 10.2 Å². The number of aromatic hydroxyl groups is 2. The molecule has 23 heavy (non-hydrogen) atoms. The van der Waals surface area contributed by atoms with E-state index in [1.165, 1.54) is 0 Å². The van der Waals surface area contributed by atoms with Gasteiger partial charge in [-0.3, -0.25) is 0 Å². The fraction of sp³-hybridized carbons (Fsp3) is 0.429. The van der Waals surface area contributed by atoms with E-state index in [-0.39, 0.29) is 0 Å². The molecule has 0 heterocycles. The van der Waals surface area contributed by atoms with Crippen LogP contribution in [-0.2, 0) is 0 Å². The van der Waals surface area contributed by atoms with Crippen LogP contribution in [0.25, 0.3) is 0 Å². The lowest BCUT2D eigenvalue weighted by atomic mass is 10.0. The van der Waals surface area contributed by atoms with Gasteiger partial charge in [0.25, 0.3) is 0 Å². The first-order valence-corrected chi connectivity index (χ1v) is 8.27. The number of phenolic OH excluding ortho intramolecular Hbond substituents is 2. The zero-order valence-electron chi connectivity index (χ0n) is 16.2. The average Bonchev–Trinajstić information content (AvgIpc) is 2.52. The molecule has 0 aliphatic rings. The van der Waals surface area contributed by atoms with Crippen molar-refractivity contribution in [3.63, 3.8) is 0 Å². The Bertz CT molecular complexity index is 373. The largest absolute Gasteiger partial charge is 0.508 e. The van der Waals surface area contributed by atoms with Crippen LogP contribution >= 0.6 is 0 Å². The van der Waals surface area contributed by atoms with Gasteiger partial charge < -0.3 is 10.2 Å². The van der Waals surface area contributed by atoms with Crippen LogP contribution in [0.4, 0.5) is 0 Å². The molecule has 0 aliphatic heterocycles. The first kappa shape index (κ1) is 26.0. The van der Waals surface area contributed by atoms with Gasteiger partial charge in [0.1, 0.15) is 11.5 Å². The van der Waals surface area contributed by atoms with E-state index in [1.807, 2.05) is 39.8 Å². The fourth-order valence-electron chi connectivity index (χ4n) is 0.856. The zero-order valence-corrected chi connectivity index (χ0v) is 16.2. The minimum absolute atomic E-state index is 0.322. The molecule has 2 rings (SSSR count). The van der Waals surface area contributed by atoms with Crippen molar-refractivity contribution in [3.05, 3.63) is 60.7 Å². The van der Waals surface area contributed by atoms with Gasteiger partial charge >= 0.3 is 0 Å². The molecule has 2 nitrogen and oxygen atoms in total. The van der Waals surface area contributed by atoms with Crippen LogP contribution in [0.1, 0.15) is 55.4 Å². The Balaban J connectivity index is -0.000000238. The van der Waals surface area contributed by atoms with Crippen LogP contribution in [0, 0.1) is 5.41 Å². The van der Waals surface area contributed by atoms with E-state index in [4.69, 9.17) is 10.2 Å². The highest BCUT2D eigenvalue weighted by molar-refractivity contribution is 5.19. The van der Waals surface area contributed by atoms with Gasteiger partial charge in [-0.2, -0.15) is 0 Å². The SMILES string of the molecule is CC.CC.CC(C)(C)C.Oc1ccccc1.Oc1ccccc1. The summed E-state index contributed by atoms with van der Waals surface area (Å²) in [5, 5.41) is 17.3. The summed E-state index contributed by atoms with van der Waals surface area (Å²) in [6.07, 6.45) is 0. The van der Waals surface area contributed by atoms with E-state index in [2.05, 4.69) is 27.7 Å². The van der Waals surface area contributed by atoms with E-state index in [0.29, 0.717) is 16.9 Å². The maximum Gasteiger partial charge on any atom is 0.115 e. The molecule has 0 fully saturated rings. The van der Waals surface area contributed by atoms with Gasteiger partial charge in [0, 0.05) is 0 Å². The maximum absolute atomic E-state index is 8.63. The zero-order chi connectivity index (χ0) is 18.7. The third kappa shape index (κ3) is 33.1. The van der Waals surface area contributed by atoms with E-state index in [9.17, 15) is 0 Å². The highest BCUT2D eigenvalue weighted by atomic mass is 16.3. The number of para-hydroxylation sites is 2. The lowest BCUT2D eigenvalue weighted by molar-refractivity contribution is 0.469. The Morgan fingerprint density at radius 2 is 0.696 bits per heavy atom. The summed E-state index contributed by atoms with van der Waals surface area (Å²) in [6.45, 7) is 16.8. The van der Waals surface area contributed by atoms with E-state index < -0.39 is 0 Å². The molecule has 0 radical (unpaired) electrons. The van der Waals surface area contributed by atoms with Crippen molar-refractivity contribution in [1.29, 1.82) is 0 Å². The van der Waals surface area contributed by atoms with Crippen molar-refractivity contribution in [2.45, 2.75) is 55.4 Å². The molecule has 132 valence electrons. The van der Waals surface area contributed by atoms with Crippen molar-refractivity contribution in [2.24, 2.45) is 5.41 Å². The summed E-state index contributed by atoms with van der Waals surface area (Å²) in [5.74, 6) is 0.644. The van der Waals surface area contributed by atoms with Gasteiger partial charge in [-0.15, -0.1) is 0 Å². The average molecular weight is 321 g/mol. The predicted octanol–water partition coefficient (Wildman–Crippen LogP) is 6.89. The summed E-state index contributed by atoms with van der Waals surface area (Å²) < 4.78 is 0. The third-order valence-electron chi connectivity index (χ3n) is 1.51. The van der Waals surface area contributed by atoms with Crippen LogP contribution in [0.15, 0.2) is 60.7 Å². The Kier molecular flexibility index (Phi) is 20.4. The lowest BCUT2D eigenvalue weighted by Gasteiger charge is -2.05. The molecule has 0 aromatic heterocycles. The smallest absolute Gasteiger partial charge is 0.115 e. The van der Waals surface area contributed by atoms with Crippen LogP contribution in [0.5, 0.6) is 11.5 Å². The van der Waals surface area contributed by atoms with Crippen molar-refractivity contribution in [3.8, 4) is 11.5 Å². The normalized spacial score (nSPS) is 8.35. The number of hydrogen-bond donors (Lipinski definition) is 2. The molecule has 2 N–H and O–H groups in total. The molecule has 0 atom stereocenters. The first-order valence-electron chi connectivity index (χ1n) is 8.27. The van der Waals surface area contributed by atoms with Crippen LogP contribution in [-0.4, -0.2) is 10.2 Å². The molecular weight excluding hydrogens is 284 g/mol. The van der Waals surface area contributed by atoms with E-state index in [1.54, 1.807) is 48.5 Å². The van der Waals surface area contributed by atoms with Crippen LogP contribution in [0.2, 0.25) is 0 Å². The highest BCUT2D eigenvalue weighted by Gasteiger charge is 1.95. The van der Waals surface area contributed by atoms with Gasteiger partial charge in [0.2, 0.25) is 0 Å². The molecule has 2 aromatic rings. The topological polar surface area (TPSA) is 40.5 Å². The number of phenols is 2. The number of benzene rings is 2. The molecule has 0 saturated heterocycles. The Morgan fingerprint density at radius 3 is 0.783 bits per heavy atom. The van der Waals surface area contributed by atoms with Crippen molar-refractivity contribution in [1.82, 2.24) is 0 Å². The molecular formula is C21H36O2. The molecule has 2 heteroatoms.